The van der Waals surface area contributed by atoms with Crippen LogP contribution >= 0.6 is 0 Å². The molecule has 0 aliphatic carbocycles. The third kappa shape index (κ3) is 8.60. The third-order valence-corrected chi connectivity index (χ3v) is 12.1. The van der Waals surface area contributed by atoms with Gasteiger partial charge in [0, 0.05) is 76.6 Å². The van der Waals surface area contributed by atoms with Gasteiger partial charge in [0.15, 0.2) is 0 Å². The first-order valence-corrected chi connectivity index (χ1v) is 22.0. The number of anilines is 4. The maximum Gasteiger partial charge on any atom is 0.135 e. The molecule has 0 saturated carbocycles. The zero-order valence-electron chi connectivity index (χ0n) is 50.9. The van der Waals surface area contributed by atoms with Crippen molar-refractivity contribution in [2.24, 2.45) is 0 Å². The summed E-state index contributed by atoms with van der Waals surface area (Å²) in [4.78, 5) is 8.49. The second kappa shape index (κ2) is 17.3. The van der Waals surface area contributed by atoms with E-state index in [9.17, 15) is 2.74 Å². The predicted octanol–water partition coefficient (Wildman–Crippen LogP) is 16.5. The average Bonchev–Trinajstić information content (AvgIpc) is 4.07. The molecule has 7 aromatic carbocycles. The van der Waals surface area contributed by atoms with E-state index >= 15 is 0 Å². The Bertz CT molecular complexity index is 3880. The van der Waals surface area contributed by atoms with Gasteiger partial charge in [-0.3, -0.25) is 0 Å². The molecule has 0 N–H and O–H groups in total. The minimum atomic E-state index is -2.49. The molecule has 340 valence electrons. The van der Waals surface area contributed by atoms with Crippen LogP contribution < -0.4 is 14.5 Å². The van der Waals surface area contributed by atoms with E-state index in [-0.39, 0.29) is 95.2 Å². The summed E-state index contributed by atoms with van der Waals surface area (Å²) in [5.74, 6) is 0.680. The summed E-state index contributed by atoms with van der Waals surface area (Å²) in [6.07, 6.45) is 1.36. The molecule has 0 saturated heterocycles. The summed E-state index contributed by atoms with van der Waals surface area (Å²) in [6.45, 7) is 18.6. The summed E-state index contributed by atoms with van der Waals surface area (Å²) in [6, 6.07) is 33.6. The molecular weight excluding hydrogens is 1000 g/mol. The fraction of sp³-hybridized carbons (Fsp3) is 0.213. The predicted molar refractivity (Wildman–Crippen MR) is 276 cm³/mol. The number of para-hydroxylation sites is 4. The molecule has 5 nitrogen and oxygen atoms in total. The fourth-order valence-electron chi connectivity index (χ4n) is 8.59. The van der Waals surface area contributed by atoms with Gasteiger partial charge in [0.25, 0.3) is 0 Å². The summed E-state index contributed by atoms with van der Waals surface area (Å²) >= 11 is 0. The molecule has 0 fully saturated rings. The van der Waals surface area contributed by atoms with E-state index in [2.05, 4.69) is 97.6 Å². The van der Waals surface area contributed by atoms with Crippen LogP contribution in [0.1, 0.15) is 101 Å². The smallest absolute Gasteiger partial charge is 0.135 e. The Morgan fingerprint density at radius 2 is 1.30 bits per heavy atom. The van der Waals surface area contributed by atoms with Crippen LogP contribution in [0.4, 0.5) is 22.7 Å². The Labute approximate surface area is 428 Å². The van der Waals surface area contributed by atoms with E-state index in [1.54, 1.807) is 18.2 Å². The quantitative estimate of drug-likeness (QED) is 0.149. The monoisotopic (exact) mass is 1070 g/mol. The van der Waals surface area contributed by atoms with E-state index in [0.717, 1.165) is 39.2 Å². The van der Waals surface area contributed by atoms with Crippen molar-refractivity contribution in [3.63, 3.8) is 0 Å². The van der Waals surface area contributed by atoms with Crippen LogP contribution in [-0.2, 0) is 37.3 Å². The zero-order valence-corrected chi connectivity index (χ0v) is 41.2. The van der Waals surface area contributed by atoms with Crippen LogP contribution in [0.3, 0.4) is 0 Å². The number of nitrogens with zero attached hydrogens (tertiary/aromatic N) is 4. The van der Waals surface area contributed by atoms with Crippen molar-refractivity contribution in [2.75, 3.05) is 9.80 Å². The topological polar surface area (TPSA) is 33.5 Å². The fourth-order valence-corrected chi connectivity index (χ4v) is 8.59. The molecule has 0 spiro atoms. The van der Waals surface area contributed by atoms with Crippen LogP contribution in [0.15, 0.2) is 158 Å². The molecule has 0 amide bonds. The van der Waals surface area contributed by atoms with E-state index < -0.39 is 42.5 Å². The van der Waals surface area contributed by atoms with Crippen molar-refractivity contribution in [1.82, 2.24) is 9.55 Å². The Hall–Kier alpha value is -6.42. The van der Waals surface area contributed by atoms with Gasteiger partial charge in [0.2, 0.25) is 0 Å². The van der Waals surface area contributed by atoms with E-state index in [1.165, 1.54) is 22.9 Å². The third-order valence-electron chi connectivity index (χ3n) is 12.1. The molecule has 2 aromatic heterocycles. The molecule has 6 heteroatoms. The molecule has 1 aliphatic rings. The molecule has 1 aliphatic heterocycles. The van der Waals surface area contributed by atoms with Gasteiger partial charge < -0.3 is 19.1 Å². The number of hydrogen-bond acceptors (Lipinski definition) is 4. The standard InChI is InChI=1S/C61H57N4O.Pt/c1-40-31-32-62-57(33-40)65-52-24-15-14-21-49(52)50-29-28-46(38-55(50)65)66-56-37-45(27-30-51(56)61(8,9)10)63-39-64(54-26-17-16-25-53(54)63)58-47(41-19-12-11-13-20-41)22-18-23-48(58)42-34-43(59(2,3)4)36-44(35-42)60(5,6)7;/h11-36,39H,1-10H3;/q-3;/i1D3,11D,12D,13D,14D,15D,19D,20D,21D,24D;. The molecule has 0 radical (unpaired) electrons. The van der Waals surface area contributed by atoms with Gasteiger partial charge in [-0.2, -0.15) is 12.1 Å². The normalized spacial score (nSPS) is 15.7. The van der Waals surface area contributed by atoms with Crippen molar-refractivity contribution in [3.05, 3.63) is 199 Å². The number of hydrogen-bond donors (Lipinski definition) is 0. The van der Waals surface area contributed by atoms with E-state index in [1.807, 2.05) is 65.0 Å². The summed E-state index contributed by atoms with van der Waals surface area (Å²) in [7, 11) is 0. The van der Waals surface area contributed by atoms with Crippen molar-refractivity contribution in [3.8, 4) is 39.6 Å². The molecule has 0 unspecified atom stereocenters. The van der Waals surface area contributed by atoms with E-state index in [4.69, 9.17) is 18.4 Å². The van der Waals surface area contributed by atoms with Gasteiger partial charge in [-0.05, 0) is 81.2 Å². The molecule has 0 atom stereocenters. The first-order chi connectivity index (χ1) is 36.5. The maximum absolute atomic E-state index is 9.26. The van der Waals surface area contributed by atoms with Gasteiger partial charge in [-0.25, -0.2) is 4.98 Å². The second-order valence-corrected chi connectivity index (χ2v) is 19.8. The average molecular weight is 1070 g/mol. The first-order valence-electron chi connectivity index (χ1n) is 28.0. The molecular formula is C61H57N4OPt-3. The van der Waals surface area contributed by atoms with Crippen molar-refractivity contribution >= 4 is 44.6 Å². The number of pyridine rings is 1. The van der Waals surface area contributed by atoms with Gasteiger partial charge in [0.05, 0.1) is 12.3 Å². The number of rotatable bonds is 7. The van der Waals surface area contributed by atoms with Crippen molar-refractivity contribution < 1.29 is 42.3 Å². The first kappa shape index (κ1) is 33.1. The Morgan fingerprint density at radius 3 is 1.99 bits per heavy atom. The second-order valence-electron chi connectivity index (χ2n) is 19.8. The minimum absolute atomic E-state index is 0. The number of aryl methyl sites for hydroxylation is 1. The van der Waals surface area contributed by atoms with Crippen molar-refractivity contribution in [2.45, 2.75) is 85.4 Å². The van der Waals surface area contributed by atoms with Crippen LogP contribution in [0.5, 0.6) is 11.5 Å². The number of benzene rings is 7. The minimum Gasteiger partial charge on any atom is -0.509 e. The van der Waals surface area contributed by atoms with Gasteiger partial charge >= 0.3 is 0 Å². The van der Waals surface area contributed by atoms with Crippen LogP contribution in [0, 0.1) is 25.7 Å². The largest absolute Gasteiger partial charge is 0.509 e. The van der Waals surface area contributed by atoms with Crippen LogP contribution in [0.25, 0.3) is 49.9 Å². The maximum atomic E-state index is 9.26. The van der Waals surface area contributed by atoms with Gasteiger partial charge in [-0.15, -0.1) is 47.6 Å². The Kier molecular flexibility index (Phi) is 8.57. The summed E-state index contributed by atoms with van der Waals surface area (Å²) in [5.41, 5.74) is 7.27. The van der Waals surface area contributed by atoms with Gasteiger partial charge in [0.1, 0.15) is 5.82 Å². The molecule has 3 heterocycles. The van der Waals surface area contributed by atoms with Crippen molar-refractivity contribution in [1.29, 1.82) is 0 Å². The van der Waals surface area contributed by atoms with E-state index in [0.29, 0.717) is 28.1 Å². The van der Waals surface area contributed by atoms with Gasteiger partial charge in [-0.1, -0.05) is 170 Å². The summed E-state index contributed by atoms with van der Waals surface area (Å²) < 4.78 is 113. The number of ether oxygens (including phenoxy) is 1. The molecule has 10 rings (SSSR count). The number of fused-ring (bicyclic) bond motifs is 4. The summed E-state index contributed by atoms with van der Waals surface area (Å²) in [5, 5.41) is 0.634. The molecule has 0 bridgehead atoms. The Balaban J connectivity index is 0.00000757. The molecule has 9 aromatic rings. The zero-order chi connectivity index (χ0) is 56.5. The Morgan fingerprint density at radius 1 is 0.627 bits per heavy atom. The molecule has 67 heavy (non-hydrogen) atoms. The van der Waals surface area contributed by atoms with Crippen LogP contribution in [-0.4, -0.2) is 9.55 Å². The SMILES string of the molecule is [2H]c1c([2H])c([2H])c(-c2cccc(-c3cc(C(C)(C)C)cc(C(C)(C)C)c3)c2N2[CH-]N(c3[c-]c(Oc4[c-]c5c(cc4)c4c([2H])c([2H])c([2H])c([2H])c4n5-c4cc(C([2H])([2H])[2H])ccn4)c(C(C)(C)C)cc3)c3ccccc32)c([2H])c1[2H].[Pt]. The number of aromatic nitrogens is 2. The van der Waals surface area contributed by atoms with Crippen LogP contribution in [0.2, 0.25) is 0 Å².